The molecule has 0 aliphatic carbocycles. The maximum atomic E-state index is 12.3. The summed E-state index contributed by atoms with van der Waals surface area (Å²) >= 11 is 0. The number of H-pyrrole nitrogens is 1. The average molecular weight is 322 g/mol. The predicted octanol–water partition coefficient (Wildman–Crippen LogP) is -1.44. The molecule has 1 unspecified atom stereocenters. The lowest BCUT2D eigenvalue weighted by atomic mass is 10.3. The highest BCUT2D eigenvalue weighted by molar-refractivity contribution is 5.74. The molecule has 0 bridgehead atoms. The lowest BCUT2D eigenvalue weighted by Crippen LogP contribution is -2.45. The lowest BCUT2D eigenvalue weighted by Gasteiger charge is -2.33. The van der Waals surface area contributed by atoms with Crippen molar-refractivity contribution >= 4 is 17.1 Å². The lowest BCUT2D eigenvalue weighted by molar-refractivity contribution is 0.175. The number of anilines is 1. The maximum Gasteiger partial charge on any atom is 0.329 e. The molecule has 1 saturated heterocycles. The summed E-state index contributed by atoms with van der Waals surface area (Å²) in [6.45, 7) is 5.27. The van der Waals surface area contributed by atoms with Gasteiger partial charge in [0.1, 0.15) is 0 Å². The SMILES string of the molecule is CC(O)Cn1c(N2CCN(C)CC2)nc2c1c(=O)[nH]c(=O)n2C. The van der Waals surface area contributed by atoms with Crippen LogP contribution in [0.4, 0.5) is 5.95 Å². The molecule has 2 N–H and O–H groups in total. The van der Waals surface area contributed by atoms with Crippen LogP contribution < -0.4 is 16.1 Å². The Balaban J connectivity index is 2.20. The number of aryl methyl sites for hydroxylation is 1. The third-order valence-corrected chi connectivity index (χ3v) is 4.22. The Morgan fingerprint density at radius 2 is 1.87 bits per heavy atom. The van der Waals surface area contributed by atoms with E-state index < -0.39 is 17.4 Å². The first-order valence-corrected chi connectivity index (χ1v) is 7.69. The van der Waals surface area contributed by atoms with Crippen molar-refractivity contribution in [3.8, 4) is 0 Å². The molecule has 9 nitrogen and oxygen atoms in total. The summed E-state index contributed by atoms with van der Waals surface area (Å²) in [7, 11) is 3.64. The fraction of sp³-hybridized carbons (Fsp3) is 0.643. The van der Waals surface area contributed by atoms with E-state index in [0.717, 1.165) is 26.2 Å². The van der Waals surface area contributed by atoms with Crippen molar-refractivity contribution in [2.45, 2.75) is 19.6 Å². The number of aromatic nitrogens is 4. The van der Waals surface area contributed by atoms with Crippen molar-refractivity contribution in [1.29, 1.82) is 0 Å². The van der Waals surface area contributed by atoms with E-state index >= 15 is 0 Å². The van der Waals surface area contributed by atoms with Crippen molar-refractivity contribution in [2.75, 3.05) is 38.1 Å². The highest BCUT2D eigenvalue weighted by atomic mass is 16.3. The number of aromatic amines is 1. The fourth-order valence-corrected chi connectivity index (χ4v) is 2.91. The van der Waals surface area contributed by atoms with E-state index in [2.05, 4.69) is 26.8 Å². The first-order chi connectivity index (χ1) is 10.9. The van der Waals surface area contributed by atoms with E-state index in [1.165, 1.54) is 4.57 Å². The normalized spacial score (nSPS) is 17.8. The van der Waals surface area contributed by atoms with Crippen LogP contribution in [0.2, 0.25) is 0 Å². The number of nitrogens with zero attached hydrogens (tertiary/aromatic N) is 5. The van der Waals surface area contributed by atoms with E-state index in [9.17, 15) is 14.7 Å². The zero-order chi connectivity index (χ0) is 16.7. The Labute approximate surface area is 132 Å². The van der Waals surface area contributed by atoms with Gasteiger partial charge in [-0.05, 0) is 14.0 Å². The van der Waals surface area contributed by atoms with Crippen molar-refractivity contribution in [1.82, 2.24) is 24.0 Å². The molecule has 1 aliphatic heterocycles. The number of hydrogen-bond donors (Lipinski definition) is 2. The standard InChI is InChI=1S/C14H22N6O3/c1-9(21)8-20-10-11(18(3)14(23)16-12(10)22)15-13(20)19-6-4-17(2)5-7-19/h9,21H,4-8H2,1-3H3,(H,16,22,23). The number of imidazole rings is 1. The molecule has 9 heteroatoms. The minimum atomic E-state index is -0.629. The summed E-state index contributed by atoms with van der Waals surface area (Å²) in [6, 6.07) is 0. The largest absolute Gasteiger partial charge is 0.392 e. The second-order valence-corrected chi connectivity index (χ2v) is 6.15. The van der Waals surface area contributed by atoms with Gasteiger partial charge in [0.2, 0.25) is 5.95 Å². The van der Waals surface area contributed by atoms with Crippen LogP contribution in [-0.4, -0.2) is 68.4 Å². The second-order valence-electron chi connectivity index (χ2n) is 6.15. The van der Waals surface area contributed by atoms with Gasteiger partial charge < -0.3 is 19.5 Å². The summed E-state index contributed by atoms with van der Waals surface area (Å²) in [4.78, 5) is 35.2. The summed E-state index contributed by atoms with van der Waals surface area (Å²) in [5.41, 5.74) is -0.305. The van der Waals surface area contributed by atoms with Crippen LogP contribution in [0.25, 0.3) is 11.2 Å². The van der Waals surface area contributed by atoms with Crippen LogP contribution in [0.15, 0.2) is 9.59 Å². The zero-order valence-corrected chi connectivity index (χ0v) is 13.6. The Bertz CT molecular complexity index is 825. The van der Waals surface area contributed by atoms with Crippen LogP contribution in [0.5, 0.6) is 0 Å². The van der Waals surface area contributed by atoms with Gasteiger partial charge in [-0.15, -0.1) is 0 Å². The molecular weight excluding hydrogens is 300 g/mol. The van der Waals surface area contributed by atoms with Crippen molar-refractivity contribution in [3.63, 3.8) is 0 Å². The monoisotopic (exact) mass is 322 g/mol. The second kappa shape index (κ2) is 5.82. The number of likely N-dealkylation sites (N-methyl/N-ethyl adjacent to an activating group) is 1. The average Bonchev–Trinajstić information content (AvgIpc) is 2.85. The van der Waals surface area contributed by atoms with Gasteiger partial charge in [-0.1, -0.05) is 0 Å². The molecule has 0 radical (unpaired) electrons. The number of rotatable bonds is 3. The third-order valence-electron chi connectivity index (χ3n) is 4.22. The molecule has 0 amide bonds. The van der Waals surface area contributed by atoms with Crippen LogP contribution in [0.3, 0.4) is 0 Å². The molecule has 1 fully saturated rings. The molecule has 1 aliphatic rings. The van der Waals surface area contributed by atoms with Gasteiger partial charge in [0, 0.05) is 33.2 Å². The summed E-state index contributed by atoms with van der Waals surface area (Å²) in [5, 5.41) is 9.81. The molecule has 2 aromatic rings. The van der Waals surface area contributed by atoms with E-state index in [4.69, 9.17) is 0 Å². The first kappa shape index (κ1) is 15.8. The number of piperazine rings is 1. The summed E-state index contributed by atoms with van der Waals surface area (Å²) in [6.07, 6.45) is -0.629. The number of nitrogens with one attached hydrogen (secondary N) is 1. The predicted molar refractivity (Wildman–Crippen MR) is 87.0 cm³/mol. The number of aliphatic hydroxyl groups excluding tert-OH is 1. The Hall–Kier alpha value is -2.13. The molecule has 23 heavy (non-hydrogen) atoms. The van der Waals surface area contributed by atoms with E-state index in [1.54, 1.807) is 18.5 Å². The van der Waals surface area contributed by atoms with Crippen molar-refractivity contribution in [3.05, 3.63) is 20.8 Å². The smallest absolute Gasteiger partial charge is 0.329 e. The number of hydrogen-bond acceptors (Lipinski definition) is 6. The minimum absolute atomic E-state index is 0.249. The van der Waals surface area contributed by atoms with E-state index in [0.29, 0.717) is 17.1 Å². The topological polar surface area (TPSA) is 99.4 Å². The van der Waals surface area contributed by atoms with Gasteiger partial charge in [-0.25, -0.2) is 4.79 Å². The molecule has 126 valence electrons. The molecule has 2 aromatic heterocycles. The highest BCUT2D eigenvalue weighted by Gasteiger charge is 2.24. The van der Waals surface area contributed by atoms with Gasteiger partial charge in [-0.3, -0.25) is 14.3 Å². The summed E-state index contributed by atoms with van der Waals surface area (Å²) < 4.78 is 3.04. The van der Waals surface area contributed by atoms with Crippen LogP contribution >= 0.6 is 0 Å². The highest BCUT2D eigenvalue weighted by Crippen LogP contribution is 2.21. The van der Waals surface area contributed by atoms with Crippen LogP contribution in [0.1, 0.15) is 6.92 Å². The Morgan fingerprint density at radius 3 is 2.48 bits per heavy atom. The fourth-order valence-electron chi connectivity index (χ4n) is 2.91. The molecule has 0 spiro atoms. The van der Waals surface area contributed by atoms with Crippen LogP contribution in [0, 0.1) is 0 Å². The van der Waals surface area contributed by atoms with Crippen LogP contribution in [-0.2, 0) is 13.6 Å². The van der Waals surface area contributed by atoms with E-state index in [1.807, 2.05) is 0 Å². The molecule has 1 atom stereocenters. The van der Waals surface area contributed by atoms with Crippen molar-refractivity contribution in [2.24, 2.45) is 7.05 Å². The number of fused-ring (bicyclic) bond motifs is 1. The molecular formula is C14H22N6O3. The zero-order valence-electron chi connectivity index (χ0n) is 13.6. The molecule has 0 aromatic carbocycles. The van der Waals surface area contributed by atoms with Crippen molar-refractivity contribution < 1.29 is 5.11 Å². The molecule has 3 heterocycles. The van der Waals surface area contributed by atoms with Gasteiger partial charge in [0.15, 0.2) is 11.2 Å². The molecule has 0 saturated carbocycles. The first-order valence-electron chi connectivity index (χ1n) is 7.69. The summed E-state index contributed by atoms with van der Waals surface area (Å²) in [5.74, 6) is 0.626. The molecule has 3 rings (SSSR count). The number of aliphatic hydroxyl groups is 1. The Morgan fingerprint density at radius 1 is 1.22 bits per heavy atom. The minimum Gasteiger partial charge on any atom is -0.392 e. The van der Waals surface area contributed by atoms with Gasteiger partial charge in [0.05, 0.1) is 12.6 Å². The van der Waals surface area contributed by atoms with Gasteiger partial charge in [0.25, 0.3) is 5.56 Å². The van der Waals surface area contributed by atoms with Gasteiger partial charge >= 0.3 is 5.69 Å². The van der Waals surface area contributed by atoms with Gasteiger partial charge in [-0.2, -0.15) is 4.98 Å². The quantitative estimate of drug-likeness (QED) is 0.718. The Kier molecular flexibility index (Phi) is 3.99. The third kappa shape index (κ3) is 2.77. The van der Waals surface area contributed by atoms with E-state index in [-0.39, 0.29) is 6.54 Å². The maximum absolute atomic E-state index is 12.3.